The van der Waals surface area contributed by atoms with Gasteiger partial charge in [0.05, 0.1) is 17.9 Å². The zero-order valence-electron chi connectivity index (χ0n) is 23.4. The minimum atomic E-state index is -0.936. The number of thioether (sulfide) groups is 2. The third-order valence-electron chi connectivity index (χ3n) is 6.55. The lowest BCUT2D eigenvalue weighted by Crippen LogP contribution is -2.72. The number of aliphatic hydroxyl groups excluding tert-OH is 1. The Morgan fingerprint density at radius 2 is 2.21 bits per heavy atom. The van der Waals surface area contributed by atoms with Crippen LogP contribution < -0.4 is 15.9 Å². The smallest absolute Gasteiger partial charge is 0.277 e. The fourth-order valence-corrected chi connectivity index (χ4v) is 6.27. The number of nitrogens with two attached hydrogens (primary N) is 1. The van der Waals surface area contributed by atoms with Crippen molar-refractivity contribution in [3.63, 3.8) is 0 Å². The molecule has 0 spiro atoms. The van der Waals surface area contributed by atoms with Gasteiger partial charge in [0, 0.05) is 25.3 Å². The number of carbonyl (C=O) groups is 1. The lowest BCUT2D eigenvalue weighted by Gasteiger charge is -2.55. The fraction of sp³-hybridized carbons (Fsp3) is 0.577. The molecule has 4 heterocycles. The Bertz CT molecular complexity index is 1150. The van der Waals surface area contributed by atoms with Crippen molar-refractivity contribution < 1.29 is 19.4 Å². The second-order valence-electron chi connectivity index (χ2n) is 9.12. The van der Waals surface area contributed by atoms with Gasteiger partial charge in [-0.05, 0) is 51.9 Å². The van der Waals surface area contributed by atoms with Crippen molar-refractivity contribution >= 4 is 46.2 Å². The molecule has 11 nitrogen and oxygen atoms in total. The summed E-state index contributed by atoms with van der Waals surface area (Å²) in [5, 5.41) is 18.6. The maximum atomic E-state index is 12.1. The number of allylic oxidation sites excluding steroid dienone is 3. The lowest BCUT2D eigenvalue weighted by atomic mass is 10.0. The van der Waals surface area contributed by atoms with E-state index in [-0.39, 0.29) is 28.1 Å². The van der Waals surface area contributed by atoms with Crippen LogP contribution in [0.1, 0.15) is 46.2 Å². The van der Waals surface area contributed by atoms with Gasteiger partial charge in [0.2, 0.25) is 5.84 Å². The van der Waals surface area contributed by atoms with Crippen molar-refractivity contribution in [1.82, 2.24) is 15.1 Å². The standard InChI is InChI=1S/C17H26N6O3S2.C9H15N2/c1-5-7-10-8-28-16-11(15(25)23(16)12(10)9(3)24)22-26-14(20-6-2)13(18)21-17(19)27-4;1-2-10-8-6-9-5-3-4-7-11(9)10/h5,7,11,15-16,22,25H,6,8H2,1-4H3,(H3,18,19,21);6,8H,2-5,7H2,1H3/q;+1/b7-5+,20-14?;. The molecule has 4 rings (SSSR count). The van der Waals surface area contributed by atoms with Gasteiger partial charge in [-0.3, -0.25) is 10.2 Å². The summed E-state index contributed by atoms with van der Waals surface area (Å²) >= 11 is 2.81. The summed E-state index contributed by atoms with van der Waals surface area (Å²) in [4.78, 5) is 27.3. The van der Waals surface area contributed by atoms with Crippen LogP contribution in [-0.2, 0) is 29.1 Å². The number of nitrogens with zero attached hydrogens (tertiary/aromatic N) is 5. The maximum Gasteiger partial charge on any atom is 0.277 e. The molecule has 214 valence electrons. The first kappa shape index (κ1) is 30.9. The van der Waals surface area contributed by atoms with E-state index >= 15 is 0 Å². The molecule has 0 amide bonds. The van der Waals surface area contributed by atoms with Crippen LogP contribution in [-0.4, -0.2) is 73.6 Å². The van der Waals surface area contributed by atoms with Crippen LogP contribution >= 0.6 is 23.5 Å². The number of ketones is 1. The highest BCUT2D eigenvalue weighted by atomic mass is 32.2. The second kappa shape index (κ2) is 14.7. The summed E-state index contributed by atoms with van der Waals surface area (Å²) < 4.78 is 4.71. The molecular formula is C26H41N8O3S2+. The Labute approximate surface area is 239 Å². The molecule has 3 unspecified atom stereocenters. The number of aryl methyl sites for hydroxylation is 2. The predicted octanol–water partition coefficient (Wildman–Crippen LogP) is 2.21. The first-order valence-corrected chi connectivity index (χ1v) is 15.5. The van der Waals surface area contributed by atoms with Crippen LogP contribution in [0.5, 0.6) is 0 Å². The van der Waals surface area contributed by atoms with Crippen molar-refractivity contribution in [2.75, 3.05) is 18.6 Å². The number of hydroxylamine groups is 1. The summed E-state index contributed by atoms with van der Waals surface area (Å²) in [6.07, 6.45) is 10.8. The van der Waals surface area contributed by atoms with E-state index in [1.165, 1.54) is 50.2 Å². The Balaban J connectivity index is 0.000000314. The van der Waals surface area contributed by atoms with Gasteiger partial charge in [0.1, 0.15) is 17.6 Å². The monoisotopic (exact) mass is 577 g/mol. The number of aromatic nitrogens is 2. The average Bonchev–Trinajstić information content (AvgIpc) is 3.36. The summed E-state index contributed by atoms with van der Waals surface area (Å²) in [7, 11) is 0. The third-order valence-corrected chi connectivity index (χ3v) is 8.39. The number of rotatable bonds is 6. The van der Waals surface area contributed by atoms with Gasteiger partial charge in [-0.15, -0.1) is 21.9 Å². The van der Waals surface area contributed by atoms with Gasteiger partial charge < -0.3 is 20.6 Å². The van der Waals surface area contributed by atoms with Gasteiger partial charge in [-0.25, -0.2) is 9.98 Å². The first-order chi connectivity index (χ1) is 18.8. The van der Waals surface area contributed by atoms with E-state index < -0.39 is 12.3 Å². The molecule has 0 aliphatic carbocycles. The molecule has 39 heavy (non-hydrogen) atoms. The molecule has 1 saturated heterocycles. The van der Waals surface area contributed by atoms with E-state index in [2.05, 4.69) is 44.0 Å². The second-order valence-corrected chi connectivity index (χ2v) is 11.1. The molecule has 3 atom stereocenters. The molecule has 1 fully saturated rings. The largest absolute Gasteiger partial charge is 0.384 e. The number of hydrogen-bond acceptors (Lipinski definition) is 9. The van der Waals surface area contributed by atoms with Crippen LogP contribution in [0.2, 0.25) is 0 Å². The van der Waals surface area contributed by atoms with Crippen LogP contribution in [0.25, 0.3) is 0 Å². The molecule has 3 aliphatic rings. The number of hydrogen-bond donors (Lipinski definition) is 4. The summed E-state index contributed by atoms with van der Waals surface area (Å²) in [6, 6.07) is 1.80. The Morgan fingerprint density at radius 3 is 2.85 bits per heavy atom. The Kier molecular flexibility index (Phi) is 11.6. The van der Waals surface area contributed by atoms with E-state index in [0.717, 1.165) is 12.1 Å². The van der Waals surface area contributed by atoms with Crippen molar-refractivity contribution in [2.45, 2.75) is 77.7 Å². The predicted molar refractivity (Wildman–Crippen MR) is 159 cm³/mol. The number of aliphatic hydroxyl groups is 1. The lowest BCUT2D eigenvalue weighted by molar-refractivity contribution is -0.773. The first-order valence-electron chi connectivity index (χ1n) is 13.2. The number of amidine groups is 2. The van der Waals surface area contributed by atoms with Crippen LogP contribution in [0.15, 0.2) is 45.7 Å². The fourth-order valence-electron chi connectivity index (χ4n) is 4.71. The number of fused-ring (bicyclic) bond motifs is 2. The average molecular weight is 578 g/mol. The van der Waals surface area contributed by atoms with E-state index in [1.807, 2.05) is 26.0 Å². The topological polar surface area (TPSA) is 145 Å². The number of Topliss-reactive ketones (excluding diaryl/α,β-unsaturated/α-hetero) is 1. The molecule has 0 radical (unpaired) electrons. The van der Waals surface area contributed by atoms with Crippen LogP contribution in [0.3, 0.4) is 0 Å². The summed E-state index contributed by atoms with van der Waals surface area (Å²) in [5.74, 6) is 0.352. The Morgan fingerprint density at radius 1 is 1.44 bits per heavy atom. The van der Waals surface area contributed by atoms with Gasteiger partial charge in [0.25, 0.3) is 5.90 Å². The number of aliphatic imine (C=N–C) groups is 2. The minimum Gasteiger partial charge on any atom is -0.384 e. The molecule has 1 aromatic heterocycles. The van der Waals surface area contributed by atoms with Gasteiger partial charge in [0.15, 0.2) is 23.7 Å². The molecule has 13 heteroatoms. The molecular weight excluding hydrogens is 536 g/mol. The minimum absolute atomic E-state index is 0.0112. The van der Waals surface area contributed by atoms with E-state index in [4.69, 9.17) is 16.0 Å². The number of carbonyl (C=O) groups excluding carboxylic acids is 1. The zero-order chi connectivity index (χ0) is 28.5. The van der Waals surface area contributed by atoms with E-state index in [9.17, 15) is 9.90 Å². The van der Waals surface area contributed by atoms with Gasteiger partial charge in [-0.1, -0.05) is 23.9 Å². The van der Waals surface area contributed by atoms with Crippen molar-refractivity contribution in [3.8, 4) is 0 Å². The molecule has 0 saturated carbocycles. The molecule has 1 aromatic rings. The SMILES string of the molecule is C/C=C/C1=C(C(C)=O)N2C(O)C(NOC(=NCC)C(=N)N=C(N)SC)C2SC1.CC[n+]1ccc2n1CCCC2. The zero-order valence-corrected chi connectivity index (χ0v) is 25.0. The van der Waals surface area contributed by atoms with Crippen LogP contribution in [0.4, 0.5) is 0 Å². The molecule has 0 bridgehead atoms. The van der Waals surface area contributed by atoms with E-state index in [1.54, 1.807) is 22.9 Å². The van der Waals surface area contributed by atoms with Crippen molar-refractivity contribution in [1.29, 1.82) is 5.41 Å². The normalized spacial score (nSPS) is 23.0. The highest BCUT2D eigenvalue weighted by Gasteiger charge is 2.53. The quantitative estimate of drug-likeness (QED) is 0.174. The van der Waals surface area contributed by atoms with Gasteiger partial charge >= 0.3 is 0 Å². The Hall–Kier alpha value is -2.61. The van der Waals surface area contributed by atoms with Crippen LogP contribution in [0, 0.1) is 5.41 Å². The number of nitrogens with one attached hydrogen (secondary N) is 2. The third kappa shape index (κ3) is 7.33. The van der Waals surface area contributed by atoms with E-state index in [0.29, 0.717) is 18.0 Å². The van der Waals surface area contributed by atoms with Crippen molar-refractivity contribution in [3.05, 3.63) is 41.4 Å². The highest BCUT2D eigenvalue weighted by Crippen LogP contribution is 2.43. The van der Waals surface area contributed by atoms with Gasteiger partial charge in [-0.2, -0.15) is 4.68 Å². The highest BCUT2D eigenvalue weighted by molar-refractivity contribution is 8.13. The summed E-state index contributed by atoms with van der Waals surface area (Å²) in [5.41, 5.74) is 11.4. The molecule has 5 N–H and O–H groups in total. The molecule has 0 aromatic carbocycles. The summed E-state index contributed by atoms with van der Waals surface area (Å²) in [6.45, 7) is 10.1. The molecule has 3 aliphatic heterocycles. The maximum absolute atomic E-state index is 12.1. The van der Waals surface area contributed by atoms with Crippen molar-refractivity contribution in [2.24, 2.45) is 15.7 Å².